The van der Waals surface area contributed by atoms with Crippen LogP contribution in [-0.4, -0.2) is 11.7 Å². The van der Waals surface area contributed by atoms with E-state index in [4.69, 9.17) is 10.00 Å². The first-order valence-electron chi connectivity index (χ1n) is 6.54. The second-order valence-corrected chi connectivity index (χ2v) is 4.73. The van der Waals surface area contributed by atoms with Gasteiger partial charge in [0.05, 0.1) is 24.7 Å². The number of fused-ring (bicyclic) bond motifs is 1. The summed E-state index contributed by atoms with van der Waals surface area (Å²) in [6.45, 7) is 0.373. The van der Waals surface area contributed by atoms with E-state index >= 15 is 0 Å². The molecule has 0 spiro atoms. The van der Waals surface area contributed by atoms with Gasteiger partial charge in [0.15, 0.2) is 0 Å². The van der Waals surface area contributed by atoms with Crippen LogP contribution in [0.1, 0.15) is 11.1 Å². The molecule has 2 aromatic carbocycles. The second kappa shape index (κ2) is 5.29. The zero-order valence-electron chi connectivity index (χ0n) is 11.5. The fourth-order valence-corrected chi connectivity index (χ4v) is 2.48. The van der Waals surface area contributed by atoms with E-state index in [-0.39, 0.29) is 5.56 Å². The van der Waals surface area contributed by atoms with E-state index in [0.717, 1.165) is 16.7 Å². The lowest BCUT2D eigenvalue weighted by Crippen LogP contribution is -2.02. The van der Waals surface area contributed by atoms with Gasteiger partial charge in [-0.1, -0.05) is 18.2 Å². The van der Waals surface area contributed by atoms with Crippen LogP contribution in [0, 0.1) is 17.1 Å². The van der Waals surface area contributed by atoms with Crippen molar-refractivity contribution >= 4 is 10.9 Å². The average Bonchev–Trinajstić information content (AvgIpc) is 2.92. The van der Waals surface area contributed by atoms with E-state index in [2.05, 4.69) is 0 Å². The van der Waals surface area contributed by atoms with Gasteiger partial charge in [0.25, 0.3) is 0 Å². The van der Waals surface area contributed by atoms with Gasteiger partial charge in [-0.25, -0.2) is 4.39 Å². The second-order valence-electron chi connectivity index (χ2n) is 4.73. The van der Waals surface area contributed by atoms with Crippen molar-refractivity contribution in [2.75, 3.05) is 7.11 Å². The standard InChI is InChI=1S/C17H13FN2O/c1-21-16-7-3-6-15-14(16)8-9-20(15)11-13-5-2-4-12(10-19)17(13)18/h2-9H,11H2,1H3. The first-order valence-corrected chi connectivity index (χ1v) is 6.54. The molecular weight excluding hydrogens is 267 g/mol. The van der Waals surface area contributed by atoms with Gasteiger partial charge in [0.1, 0.15) is 17.6 Å². The maximum Gasteiger partial charge on any atom is 0.145 e. The smallest absolute Gasteiger partial charge is 0.145 e. The molecule has 0 fully saturated rings. The summed E-state index contributed by atoms with van der Waals surface area (Å²) in [7, 11) is 1.63. The SMILES string of the molecule is COc1cccc2c1ccn2Cc1cccc(C#N)c1F. The lowest BCUT2D eigenvalue weighted by atomic mass is 10.1. The van der Waals surface area contributed by atoms with Gasteiger partial charge in [-0.15, -0.1) is 0 Å². The van der Waals surface area contributed by atoms with Gasteiger partial charge in [0, 0.05) is 17.1 Å². The fourth-order valence-electron chi connectivity index (χ4n) is 2.48. The number of benzene rings is 2. The number of nitriles is 1. The molecule has 4 heteroatoms. The maximum absolute atomic E-state index is 14.1. The Bertz CT molecular complexity index is 846. The highest BCUT2D eigenvalue weighted by Gasteiger charge is 2.10. The molecule has 3 nitrogen and oxygen atoms in total. The van der Waals surface area contributed by atoms with Crippen molar-refractivity contribution in [1.29, 1.82) is 5.26 Å². The minimum atomic E-state index is -0.454. The Balaban J connectivity index is 2.06. The predicted octanol–water partition coefficient (Wildman–Crippen LogP) is 3.71. The molecule has 0 saturated carbocycles. The maximum atomic E-state index is 14.1. The first-order chi connectivity index (χ1) is 10.2. The van der Waals surface area contributed by atoms with Crippen molar-refractivity contribution in [3.05, 3.63) is 65.6 Å². The van der Waals surface area contributed by atoms with E-state index in [0.29, 0.717) is 12.1 Å². The van der Waals surface area contributed by atoms with Gasteiger partial charge in [-0.2, -0.15) is 5.26 Å². The Labute approximate surface area is 121 Å². The molecule has 0 N–H and O–H groups in total. The van der Waals surface area contributed by atoms with Crippen molar-refractivity contribution in [3.63, 3.8) is 0 Å². The number of hydrogen-bond donors (Lipinski definition) is 0. The molecule has 104 valence electrons. The predicted molar refractivity (Wildman–Crippen MR) is 78.7 cm³/mol. The van der Waals surface area contributed by atoms with Gasteiger partial charge in [-0.3, -0.25) is 0 Å². The highest BCUT2D eigenvalue weighted by molar-refractivity contribution is 5.86. The minimum absolute atomic E-state index is 0.0709. The lowest BCUT2D eigenvalue weighted by Gasteiger charge is -2.08. The van der Waals surface area contributed by atoms with Gasteiger partial charge in [-0.05, 0) is 24.3 Å². The van der Waals surface area contributed by atoms with Crippen molar-refractivity contribution < 1.29 is 9.13 Å². The van der Waals surface area contributed by atoms with Crippen LogP contribution in [0.4, 0.5) is 4.39 Å². The molecule has 1 aromatic heterocycles. The topological polar surface area (TPSA) is 38.0 Å². The van der Waals surface area contributed by atoms with Crippen molar-refractivity contribution in [3.8, 4) is 11.8 Å². The zero-order valence-corrected chi connectivity index (χ0v) is 11.5. The molecule has 0 atom stereocenters. The molecule has 0 amide bonds. The number of methoxy groups -OCH3 is 1. The van der Waals surface area contributed by atoms with Crippen molar-refractivity contribution in [2.24, 2.45) is 0 Å². The lowest BCUT2D eigenvalue weighted by molar-refractivity contribution is 0.420. The third-order valence-electron chi connectivity index (χ3n) is 3.53. The molecule has 3 rings (SSSR count). The van der Waals surface area contributed by atoms with Crippen LogP contribution in [0.2, 0.25) is 0 Å². The normalized spacial score (nSPS) is 10.5. The number of aromatic nitrogens is 1. The van der Waals surface area contributed by atoms with Gasteiger partial charge in [0.2, 0.25) is 0 Å². The Hall–Kier alpha value is -2.80. The Kier molecular flexibility index (Phi) is 3.33. The number of rotatable bonds is 3. The van der Waals surface area contributed by atoms with E-state index in [9.17, 15) is 4.39 Å². The van der Waals surface area contributed by atoms with Gasteiger partial charge >= 0.3 is 0 Å². The molecule has 0 unspecified atom stereocenters. The van der Waals surface area contributed by atoms with E-state index in [1.54, 1.807) is 19.2 Å². The Morgan fingerprint density at radius 2 is 2.00 bits per heavy atom. The third kappa shape index (κ3) is 2.23. The number of halogens is 1. The number of hydrogen-bond acceptors (Lipinski definition) is 2. The summed E-state index contributed by atoms with van der Waals surface area (Å²) in [5.41, 5.74) is 1.53. The van der Waals surface area contributed by atoms with Crippen molar-refractivity contribution in [2.45, 2.75) is 6.54 Å². The Morgan fingerprint density at radius 3 is 2.76 bits per heavy atom. The molecular formula is C17H13FN2O. The van der Waals surface area contributed by atoms with E-state index < -0.39 is 5.82 Å². The van der Waals surface area contributed by atoms with Crippen LogP contribution in [0.5, 0.6) is 5.75 Å². The highest BCUT2D eigenvalue weighted by atomic mass is 19.1. The largest absolute Gasteiger partial charge is 0.496 e. The van der Waals surface area contributed by atoms with E-state index in [1.165, 1.54) is 6.07 Å². The van der Waals surface area contributed by atoms with Crippen molar-refractivity contribution in [1.82, 2.24) is 4.57 Å². The molecule has 1 heterocycles. The summed E-state index contributed by atoms with van der Waals surface area (Å²) in [5, 5.41) is 9.88. The molecule has 0 aliphatic rings. The molecule has 0 saturated heterocycles. The summed E-state index contributed by atoms with van der Waals surface area (Å²) in [5.74, 6) is 0.335. The molecule has 0 aliphatic heterocycles. The van der Waals surface area contributed by atoms with Crippen LogP contribution in [0.25, 0.3) is 10.9 Å². The zero-order chi connectivity index (χ0) is 14.8. The van der Waals surface area contributed by atoms with Crippen LogP contribution in [0.3, 0.4) is 0 Å². The number of nitrogens with zero attached hydrogens (tertiary/aromatic N) is 2. The summed E-state index contributed by atoms with van der Waals surface area (Å²) in [4.78, 5) is 0. The van der Waals surface area contributed by atoms with Crippen LogP contribution in [-0.2, 0) is 6.54 Å². The average molecular weight is 280 g/mol. The summed E-state index contributed by atoms with van der Waals surface area (Å²) < 4.78 is 21.4. The van der Waals surface area contributed by atoms with Gasteiger partial charge < -0.3 is 9.30 Å². The quantitative estimate of drug-likeness (QED) is 0.733. The minimum Gasteiger partial charge on any atom is -0.496 e. The molecule has 0 aliphatic carbocycles. The highest BCUT2D eigenvalue weighted by Crippen LogP contribution is 2.27. The summed E-state index contributed by atoms with van der Waals surface area (Å²) in [6.07, 6.45) is 1.89. The number of ether oxygens (including phenoxy) is 1. The molecule has 0 bridgehead atoms. The van der Waals surface area contributed by atoms with Crippen LogP contribution < -0.4 is 4.74 Å². The fraction of sp³-hybridized carbons (Fsp3) is 0.118. The summed E-state index contributed by atoms with van der Waals surface area (Å²) >= 11 is 0. The molecule has 0 radical (unpaired) electrons. The monoisotopic (exact) mass is 280 g/mol. The summed E-state index contributed by atoms with van der Waals surface area (Å²) in [6, 6.07) is 14.4. The van der Waals surface area contributed by atoms with Crippen LogP contribution >= 0.6 is 0 Å². The first kappa shape index (κ1) is 13.2. The van der Waals surface area contributed by atoms with Crippen LogP contribution in [0.15, 0.2) is 48.7 Å². The molecule has 21 heavy (non-hydrogen) atoms. The molecule has 3 aromatic rings. The Morgan fingerprint density at radius 1 is 1.19 bits per heavy atom. The van der Waals surface area contributed by atoms with E-state index in [1.807, 2.05) is 41.1 Å². The third-order valence-corrected chi connectivity index (χ3v) is 3.53.